The largest absolute Gasteiger partial charge is 0.462 e. The highest BCUT2D eigenvalue weighted by Crippen LogP contribution is 2.30. The maximum Gasteiger partial charge on any atom is 0.338 e. The van der Waals surface area contributed by atoms with Gasteiger partial charge in [0.1, 0.15) is 6.04 Å². The van der Waals surface area contributed by atoms with Gasteiger partial charge in [-0.3, -0.25) is 14.5 Å². The maximum absolute atomic E-state index is 13.8. The van der Waals surface area contributed by atoms with Crippen LogP contribution in [0.4, 0.5) is 11.4 Å². The first kappa shape index (κ1) is 31.0. The first-order valence-electron chi connectivity index (χ1n) is 14.1. The van der Waals surface area contributed by atoms with E-state index < -0.39 is 12.0 Å². The minimum atomic E-state index is -0.698. The molecular weight excluding hydrogens is 558 g/mol. The summed E-state index contributed by atoms with van der Waals surface area (Å²) in [4.78, 5) is 48.3. The number of thiocarbonyl (C=S) groups is 1. The Bertz CT molecular complexity index is 1230. The summed E-state index contributed by atoms with van der Waals surface area (Å²) in [6.07, 6.45) is 2.79. The second-order valence-electron chi connectivity index (χ2n) is 10.0. The molecule has 2 heterocycles. The van der Waals surface area contributed by atoms with Gasteiger partial charge in [-0.25, -0.2) is 4.79 Å². The lowest BCUT2D eigenvalue weighted by Crippen LogP contribution is -2.47. The summed E-state index contributed by atoms with van der Waals surface area (Å²) in [5, 5.41) is 3.30. The fourth-order valence-electron chi connectivity index (χ4n) is 5.16. The van der Waals surface area contributed by atoms with E-state index >= 15 is 0 Å². The molecule has 2 aliphatic rings. The summed E-state index contributed by atoms with van der Waals surface area (Å²) >= 11 is 7.45. The predicted molar refractivity (Wildman–Crippen MR) is 168 cm³/mol. The number of carbonyl (C=O) groups excluding carboxylic acids is 3. The molecule has 0 spiro atoms. The van der Waals surface area contributed by atoms with E-state index in [1.807, 2.05) is 35.4 Å². The number of ether oxygens (including phenoxy) is 1. The number of carbonyl (C=O) groups is 3. The lowest BCUT2D eigenvalue weighted by molar-refractivity contribution is -0.124. The van der Waals surface area contributed by atoms with Gasteiger partial charge in [0.15, 0.2) is 5.11 Å². The van der Waals surface area contributed by atoms with Crippen LogP contribution in [0.5, 0.6) is 0 Å². The van der Waals surface area contributed by atoms with Crippen molar-refractivity contribution in [2.45, 2.75) is 37.6 Å². The average Bonchev–Trinajstić information content (AvgIpc) is 3.21. The van der Waals surface area contributed by atoms with Crippen LogP contribution < -0.4 is 10.2 Å². The zero-order valence-electron chi connectivity index (χ0n) is 24.0. The van der Waals surface area contributed by atoms with Crippen molar-refractivity contribution in [3.63, 3.8) is 0 Å². The lowest BCUT2D eigenvalue weighted by atomic mass is 10.1. The first-order valence-corrected chi connectivity index (χ1v) is 15.8. The van der Waals surface area contributed by atoms with Gasteiger partial charge in [0.2, 0.25) is 5.91 Å². The molecule has 9 nitrogen and oxygen atoms in total. The van der Waals surface area contributed by atoms with Gasteiger partial charge in [-0.05, 0) is 87.4 Å². The molecule has 220 valence electrons. The third-order valence-electron chi connectivity index (χ3n) is 7.47. The molecule has 1 unspecified atom stereocenters. The standard InChI is InChI=1S/C30H39N5O4S2/c1-4-32-16-18-33(19-17-32)14-7-15-34-26(28(37)35(30(34)40)24-8-6-9-25(20-24)41-3)21-27(36)31-23-12-10-22(11-13-23)29(38)39-5-2/h6,8-13,20,26H,4-5,7,14-19,21H2,1-3H3,(H,31,36). The number of nitrogens with one attached hydrogen (secondary N) is 1. The van der Waals surface area contributed by atoms with Crippen LogP contribution in [-0.2, 0) is 14.3 Å². The Morgan fingerprint density at radius 3 is 2.39 bits per heavy atom. The van der Waals surface area contributed by atoms with Crippen LogP contribution in [0, 0.1) is 0 Å². The highest BCUT2D eigenvalue weighted by atomic mass is 32.2. The van der Waals surface area contributed by atoms with Crippen molar-refractivity contribution in [2.75, 3.05) is 68.9 Å². The van der Waals surface area contributed by atoms with Crippen LogP contribution in [0.2, 0.25) is 0 Å². The number of likely N-dealkylation sites (N-methyl/N-ethyl adjacent to an activating group) is 1. The van der Waals surface area contributed by atoms with E-state index in [2.05, 4.69) is 22.0 Å². The molecule has 2 fully saturated rings. The van der Waals surface area contributed by atoms with Gasteiger partial charge >= 0.3 is 5.97 Å². The highest BCUT2D eigenvalue weighted by Gasteiger charge is 2.44. The van der Waals surface area contributed by atoms with Crippen LogP contribution in [0.3, 0.4) is 0 Å². The minimum absolute atomic E-state index is 0.0352. The quantitative estimate of drug-likeness (QED) is 0.222. The molecule has 1 atom stereocenters. The van der Waals surface area contributed by atoms with E-state index in [4.69, 9.17) is 17.0 Å². The van der Waals surface area contributed by atoms with Gasteiger partial charge in [-0.2, -0.15) is 0 Å². The Morgan fingerprint density at radius 2 is 1.73 bits per heavy atom. The fraction of sp³-hybridized carbons (Fsp3) is 0.467. The Hall–Kier alpha value is -2.99. The van der Waals surface area contributed by atoms with Gasteiger partial charge in [-0.15, -0.1) is 11.8 Å². The molecule has 2 aromatic carbocycles. The van der Waals surface area contributed by atoms with E-state index in [1.165, 1.54) is 0 Å². The van der Waals surface area contributed by atoms with Crippen LogP contribution >= 0.6 is 24.0 Å². The van der Waals surface area contributed by atoms with Gasteiger partial charge in [0.05, 0.1) is 24.3 Å². The number of anilines is 2. The summed E-state index contributed by atoms with van der Waals surface area (Å²) < 4.78 is 5.02. The number of amides is 2. The number of rotatable bonds is 12. The normalized spacial score (nSPS) is 18.2. The van der Waals surface area contributed by atoms with Crippen molar-refractivity contribution in [1.82, 2.24) is 14.7 Å². The van der Waals surface area contributed by atoms with Crippen LogP contribution in [-0.4, -0.2) is 102 Å². The molecule has 2 saturated heterocycles. The molecule has 2 aliphatic heterocycles. The minimum Gasteiger partial charge on any atom is -0.462 e. The van der Waals surface area contributed by atoms with E-state index in [1.54, 1.807) is 47.9 Å². The zero-order chi connectivity index (χ0) is 29.4. The van der Waals surface area contributed by atoms with Crippen molar-refractivity contribution < 1.29 is 19.1 Å². The summed E-state index contributed by atoms with van der Waals surface area (Å²) in [6, 6.07) is 13.6. The molecule has 0 radical (unpaired) electrons. The molecule has 0 bridgehead atoms. The highest BCUT2D eigenvalue weighted by molar-refractivity contribution is 7.98. The smallest absolute Gasteiger partial charge is 0.338 e. The first-order chi connectivity index (χ1) is 19.8. The van der Waals surface area contributed by atoms with Crippen molar-refractivity contribution in [3.8, 4) is 0 Å². The lowest BCUT2D eigenvalue weighted by Gasteiger charge is -2.34. The number of benzene rings is 2. The van der Waals surface area contributed by atoms with Crippen LogP contribution in [0.15, 0.2) is 53.4 Å². The molecule has 1 N–H and O–H groups in total. The SMILES string of the molecule is CCOC(=O)c1ccc(NC(=O)CC2C(=O)N(c3cccc(SC)c3)C(=S)N2CCCN2CCN(CC)CC2)cc1. The molecule has 2 amide bonds. The Kier molecular flexibility index (Phi) is 11.1. The van der Waals surface area contributed by atoms with E-state index in [0.29, 0.717) is 35.2 Å². The van der Waals surface area contributed by atoms with Gasteiger partial charge in [0, 0.05) is 43.3 Å². The van der Waals surface area contributed by atoms with E-state index in [0.717, 1.165) is 50.6 Å². The maximum atomic E-state index is 13.8. The van der Waals surface area contributed by atoms with Crippen molar-refractivity contribution in [3.05, 3.63) is 54.1 Å². The summed E-state index contributed by atoms with van der Waals surface area (Å²) in [5.74, 6) is -0.906. The second-order valence-corrected chi connectivity index (χ2v) is 11.3. The van der Waals surface area contributed by atoms with Gasteiger partial charge in [0.25, 0.3) is 5.91 Å². The van der Waals surface area contributed by atoms with Crippen LogP contribution in [0.1, 0.15) is 37.0 Å². The molecule has 2 aromatic rings. The van der Waals surface area contributed by atoms with E-state index in [-0.39, 0.29) is 18.2 Å². The Balaban J connectivity index is 1.45. The zero-order valence-corrected chi connectivity index (χ0v) is 25.6. The number of hydrogen-bond acceptors (Lipinski definition) is 8. The Morgan fingerprint density at radius 1 is 1.02 bits per heavy atom. The monoisotopic (exact) mass is 597 g/mol. The molecule has 41 heavy (non-hydrogen) atoms. The van der Waals surface area contributed by atoms with Crippen molar-refractivity contribution in [2.24, 2.45) is 0 Å². The number of thioether (sulfide) groups is 1. The number of esters is 1. The third kappa shape index (κ3) is 7.85. The summed E-state index contributed by atoms with van der Waals surface area (Å²) in [7, 11) is 0. The molecular formula is C30H39N5O4S2. The third-order valence-corrected chi connectivity index (χ3v) is 8.62. The summed E-state index contributed by atoms with van der Waals surface area (Å²) in [6.45, 7) is 11.0. The number of hydrogen-bond donors (Lipinski definition) is 1. The molecule has 0 aliphatic carbocycles. The van der Waals surface area contributed by atoms with Crippen molar-refractivity contribution in [1.29, 1.82) is 0 Å². The molecule has 11 heteroatoms. The number of nitrogens with zero attached hydrogens (tertiary/aromatic N) is 4. The summed E-state index contributed by atoms with van der Waals surface area (Å²) in [5.41, 5.74) is 1.66. The fourth-order valence-corrected chi connectivity index (χ4v) is 6.03. The molecule has 0 aromatic heterocycles. The average molecular weight is 598 g/mol. The Labute approximate surface area is 252 Å². The van der Waals surface area contributed by atoms with Gasteiger partial charge < -0.3 is 24.8 Å². The van der Waals surface area contributed by atoms with Crippen molar-refractivity contribution >= 4 is 58.3 Å². The van der Waals surface area contributed by atoms with Crippen LogP contribution in [0.25, 0.3) is 0 Å². The topological polar surface area (TPSA) is 85.4 Å². The van der Waals surface area contributed by atoms with E-state index in [9.17, 15) is 14.4 Å². The number of piperazine rings is 1. The molecule has 0 saturated carbocycles. The van der Waals surface area contributed by atoms with Gasteiger partial charge in [-0.1, -0.05) is 13.0 Å². The predicted octanol–water partition coefficient (Wildman–Crippen LogP) is 3.94. The second kappa shape index (κ2) is 14.8. The molecule has 4 rings (SSSR count).